The molecule has 0 saturated carbocycles. The first-order valence-corrected chi connectivity index (χ1v) is 5.91. The monoisotopic (exact) mass is 298 g/mol. The highest BCUT2D eigenvalue weighted by atomic mass is 35.5. The maximum Gasteiger partial charge on any atom is 0.337 e. The number of carbonyl (C=O) groups excluding carboxylic acids is 1. The van der Waals surface area contributed by atoms with Crippen LogP contribution in [0, 0.1) is 0 Å². The molecule has 0 aliphatic rings. The Labute approximate surface area is 118 Å². The number of halogens is 2. The smallest absolute Gasteiger partial charge is 0.337 e. The predicted octanol–water partition coefficient (Wildman–Crippen LogP) is 3.27. The molecule has 2 aromatic rings. The fourth-order valence-electron chi connectivity index (χ4n) is 1.52. The highest BCUT2D eigenvalue weighted by Crippen LogP contribution is 2.30. The van der Waals surface area contributed by atoms with Crippen molar-refractivity contribution in [2.24, 2.45) is 0 Å². The molecule has 7 heteroatoms. The van der Waals surface area contributed by atoms with Crippen molar-refractivity contribution in [3.63, 3.8) is 0 Å². The molecule has 3 N–H and O–H groups in total. The Morgan fingerprint density at radius 1 is 1.26 bits per heavy atom. The Morgan fingerprint density at radius 3 is 2.58 bits per heavy atom. The van der Waals surface area contributed by atoms with Gasteiger partial charge >= 0.3 is 5.97 Å². The highest BCUT2D eigenvalue weighted by Gasteiger charge is 2.18. The van der Waals surface area contributed by atoms with Crippen LogP contribution < -0.4 is 5.32 Å². The van der Waals surface area contributed by atoms with Gasteiger partial charge in [-0.1, -0.05) is 23.2 Å². The van der Waals surface area contributed by atoms with Crippen LogP contribution in [0.4, 0.5) is 5.69 Å². The quantitative estimate of drug-likeness (QED) is 0.813. The summed E-state index contributed by atoms with van der Waals surface area (Å²) >= 11 is 11.6. The largest absolute Gasteiger partial charge is 0.478 e. The summed E-state index contributed by atoms with van der Waals surface area (Å²) in [5.74, 6) is -1.72. The zero-order valence-corrected chi connectivity index (χ0v) is 10.9. The van der Waals surface area contributed by atoms with Crippen molar-refractivity contribution in [2.45, 2.75) is 0 Å². The Kier molecular flexibility index (Phi) is 3.78. The third-order valence-corrected chi connectivity index (χ3v) is 2.88. The van der Waals surface area contributed by atoms with E-state index in [1.807, 2.05) is 0 Å². The van der Waals surface area contributed by atoms with Crippen molar-refractivity contribution in [2.75, 3.05) is 5.32 Å². The van der Waals surface area contributed by atoms with Crippen LogP contribution in [0.2, 0.25) is 10.0 Å². The van der Waals surface area contributed by atoms with E-state index in [1.165, 1.54) is 12.1 Å². The molecule has 5 nitrogen and oxygen atoms in total. The highest BCUT2D eigenvalue weighted by molar-refractivity contribution is 6.38. The van der Waals surface area contributed by atoms with E-state index in [-0.39, 0.29) is 21.3 Å². The summed E-state index contributed by atoms with van der Waals surface area (Å²) in [4.78, 5) is 25.7. The molecule has 0 atom stereocenters. The van der Waals surface area contributed by atoms with E-state index >= 15 is 0 Å². The average Bonchev–Trinajstić information content (AvgIpc) is 2.85. The van der Waals surface area contributed by atoms with Gasteiger partial charge < -0.3 is 15.4 Å². The summed E-state index contributed by atoms with van der Waals surface area (Å²) in [6, 6.07) is 5.79. The van der Waals surface area contributed by atoms with E-state index in [4.69, 9.17) is 28.3 Å². The summed E-state index contributed by atoms with van der Waals surface area (Å²) in [6.45, 7) is 0. The first-order valence-electron chi connectivity index (χ1n) is 5.16. The summed E-state index contributed by atoms with van der Waals surface area (Å²) in [6.07, 6.45) is 1.58. The lowest BCUT2D eigenvalue weighted by atomic mass is 10.1. The third kappa shape index (κ3) is 2.89. The fourth-order valence-corrected chi connectivity index (χ4v) is 2.06. The van der Waals surface area contributed by atoms with E-state index in [0.29, 0.717) is 5.69 Å². The molecule has 1 amide bonds. The van der Waals surface area contributed by atoms with Gasteiger partial charge in [0.25, 0.3) is 5.91 Å². The van der Waals surface area contributed by atoms with Gasteiger partial charge in [0.05, 0.1) is 16.3 Å². The number of carbonyl (C=O) groups is 2. The number of hydrogen-bond acceptors (Lipinski definition) is 2. The minimum atomic E-state index is -1.23. The molecule has 0 radical (unpaired) electrons. The lowest BCUT2D eigenvalue weighted by Crippen LogP contribution is -2.15. The van der Waals surface area contributed by atoms with Crippen molar-refractivity contribution in [3.8, 4) is 0 Å². The van der Waals surface area contributed by atoms with Crippen LogP contribution in [0.1, 0.15) is 20.8 Å². The van der Waals surface area contributed by atoms with Gasteiger partial charge in [-0.3, -0.25) is 4.79 Å². The predicted molar refractivity (Wildman–Crippen MR) is 72.2 cm³/mol. The molecule has 1 heterocycles. The van der Waals surface area contributed by atoms with E-state index in [9.17, 15) is 9.59 Å². The minimum Gasteiger partial charge on any atom is -0.478 e. The maximum absolute atomic E-state index is 11.9. The molecule has 19 heavy (non-hydrogen) atoms. The second-order valence-electron chi connectivity index (χ2n) is 3.65. The number of aromatic carboxylic acids is 1. The van der Waals surface area contributed by atoms with Crippen LogP contribution in [0.15, 0.2) is 30.5 Å². The Balaban J connectivity index is 2.39. The van der Waals surface area contributed by atoms with Gasteiger partial charge in [0.2, 0.25) is 0 Å². The molecule has 1 aromatic heterocycles. The van der Waals surface area contributed by atoms with Crippen LogP contribution in [-0.4, -0.2) is 22.0 Å². The summed E-state index contributed by atoms with van der Waals surface area (Å²) in [5.41, 5.74) is 0.137. The van der Waals surface area contributed by atoms with Gasteiger partial charge in [-0.2, -0.15) is 0 Å². The number of benzene rings is 1. The number of hydrogen-bond donors (Lipinski definition) is 3. The lowest BCUT2D eigenvalue weighted by Gasteiger charge is -2.10. The van der Waals surface area contributed by atoms with Crippen LogP contribution in [-0.2, 0) is 0 Å². The fraction of sp³-hybridized carbons (Fsp3) is 0. The number of aromatic nitrogens is 1. The number of H-pyrrole nitrogens is 1. The third-order valence-electron chi connectivity index (χ3n) is 2.37. The standard InChI is InChI=1S/C12H8Cl2N2O3/c13-6-4-7(12(18)19)10(8(14)5-6)16-11(17)9-2-1-3-15-9/h1-5,15H,(H,16,17)(H,18,19). The molecular formula is C12H8Cl2N2O3. The van der Waals surface area contributed by atoms with Gasteiger partial charge in [-0.25, -0.2) is 4.79 Å². The van der Waals surface area contributed by atoms with Gasteiger partial charge in [-0.05, 0) is 24.3 Å². The van der Waals surface area contributed by atoms with E-state index in [0.717, 1.165) is 0 Å². The van der Waals surface area contributed by atoms with Gasteiger partial charge in [0, 0.05) is 11.2 Å². The Hall–Kier alpha value is -1.98. The summed E-state index contributed by atoms with van der Waals surface area (Å²) in [7, 11) is 0. The Morgan fingerprint density at radius 2 is 2.00 bits per heavy atom. The molecule has 98 valence electrons. The average molecular weight is 299 g/mol. The van der Waals surface area contributed by atoms with Crippen molar-refractivity contribution in [1.82, 2.24) is 4.98 Å². The van der Waals surface area contributed by atoms with Crippen molar-refractivity contribution < 1.29 is 14.7 Å². The van der Waals surface area contributed by atoms with Gasteiger partial charge in [0.1, 0.15) is 5.69 Å². The minimum absolute atomic E-state index is 0.0122. The van der Waals surface area contributed by atoms with Crippen molar-refractivity contribution in [1.29, 1.82) is 0 Å². The zero-order valence-electron chi connectivity index (χ0n) is 9.41. The number of aromatic amines is 1. The van der Waals surface area contributed by atoms with Gasteiger partial charge in [0.15, 0.2) is 0 Å². The summed E-state index contributed by atoms with van der Waals surface area (Å²) in [5, 5.41) is 11.8. The number of anilines is 1. The molecule has 0 aliphatic carbocycles. The maximum atomic E-state index is 11.9. The topological polar surface area (TPSA) is 82.2 Å². The van der Waals surface area contributed by atoms with Crippen LogP contribution in [0.3, 0.4) is 0 Å². The molecular weight excluding hydrogens is 291 g/mol. The molecule has 1 aromatic carbocycles. The molecule has 0 fully saturated rings. The molecule has 2 rings (SSSR count). The zero-order chi connectivity index (χ0) is 14.0. The second kappa shape index (κ2) is 5.34. The molecule has 0 unspecified atom stereocenters. The normalized spacial score (nSPS) is 10.2. The number of amides is 1. The SMILES string of the molecule is O=C(Nc1c(Cl)cc(Cl)cc1C(=O)O)c1ccc[nH]1. The van der Waals surface area contributed by atoms with E-state index < -0.39 is 11.9 Å². The molecule has 0 aliphatic heterocycles. The Bertz CT molecular complexity index is 639. The van der Waals surface area contributed by atoms with E-state index in [1.54, 1.807) is 18.3 Å². The summed E-state index contributed by atoms with van der Waals surface area (Å²) < 4.78 is 0. The first kappa shape index (κ1) is 13.5. The van der Waals surface area contributed by atoms with Gasteiger partial charge in [-0.15, -0.1) is 0 Å². The van der Waals surface area contributed by atoms with Crippen molar-refractivity contribution >= 4 is 40.8 Å². The molecule has 0 bridgehead atoms. The number of carboxylic acid groups (broad SMARTS) is 1. The van der Waals surface area contributed by atoms with Crippen molar-refractivity contribution in [3.05, 3.63) is 51.8 Å². The van der Waals surface area contributed by atoms with E-state index in [2.05, 4.69) is 10.3 Å². The van der Waals surface area contributed by atoms with Crippen LogP contribution >= 0.6 is 23.2 Å². The second-order valence-corrected chi connectivity index (χ2v) is 4.50. The number of rotatable bonds is 3. The number of carboxylic acids is 1. The van der Waals surface area contributed by atoms with Crippen LogP contribution in [0.25, 0.3) is 0 Å². The molecule has 0 saturated heterocycles. The van der Waals surface area contributed by atoms with Crippen LogP contribution in [0.5, 0.6) is 0 Å². The number of nitrogens with one attached hydrogen (secondary N) is 2. The first-order chi connectivity index (χ1) is 8.99. The lowest BCUT2D eigenvalue weighted by molar-refractivity contribution is 0.0698. The molecule has 0 spiro atoms.